The van der Waals surface area contributed by atoms with E-state index in [-0.39, 0.29) is 11.9 Å². The molecule has 0 aromatic carbocycles. The van der Waals surface area contributed by atoms with Gasteiger partial charge in [0.05, 0.1) is 12.6 Å². The Morgan fingerprint density at radius 1 is 1.29 bits per heavy atom. The number of nitrogens with zero attached hydrogens (tertiary/aromatic N) is 1. The molecule has 2 rings (SSSR count). The molecule has 1 atom stereocenters. The van der Waals surface area contributed by atoms with Crippen molar-refractivity contribution >= 4 is 11.9 Å². The molecular weight excluding hydrogens is 220 g/mol. The summed E-state index contributed by atoms with van der Waals surface area (Å²) in [5, 5.41) is 0. The van der Waals surface area contributed by atoms with Gasteiger partial charge in [0.25, 0.3) is 0 Å². The number of likely N-dealkylation sites (tertiary alicyclic amines) is 1. The molecule has 0 bridgehead atoms. The summed E-state index contributed by atoms with van der Waals surface area (Å²) in [4.78, 5) is 25.6. The predicted molar refractivity (Wildman–Crippen MR) is 62.1 cm³/mol. The smallest absolute Gasteiger partial charge is 0.328 e. The zero-order chi connectivity index (χ0) is 12.5. The van der Waals surface area contributed by atoms with Crippen LogP contribution in [0.5, 0.6) is 0 Å². The summed E-state index contributed by atoms with van der Waals surface area (Å²) >= 11 is 0. The second-order valence-corrected chi connectivity index (χ2v) is 5.04. The number of methoxy groups -OCH3 is 1. The minimum atomic E-state index is -0.719. The molecular formula is C12H20N2O3. The molecule has 1 saturated heterocycles. The minimum Gasteiger partial charge on any atom is -0.467 e. The van der Waals surface area contributed by atoms with Crippen LogP contribution < -0.4 is 5.73 Å². The summed E-state index contributed by atoms with van der Waals surface area (Å²) in [6, 6.07) is -0.428. The average Bonchev–Trinajstić information content (AvgIpc) is 2.34. The third kappa shape index (κ3) is 2.16. The van der Waals surface area contributed by atoms with Gasteiger partial charge in [-0.25, -0.2) is 4.79 Å². The first kappa shape index (κ1) is 12.4. The van der Waals surface area contributed by atoms with Crippen LogP contribution in [-0.2, 0) is 14.3 Å². The van der Waals surface area contributed by atoms with E-state index >= 15 is 0 Å². The van der Waals surface area contributed by atoms with E-state index in [1.165, 1.54) is 7.11 Å². The molecule has 0 aromatic rings. The molecule has 2 fully saturated rings. The van der Waals surface area contributed by atoms with Gasteiger partial charge in [-0.15, -0.1) is 0 Å². The van der Waals surface area contributed by atoms with Crippen LogP contribution in [0.4, 0.5) is 0 Å². The molecule has 1 aliphatic carbocycles. The fourth-order valence-electron chi connectivity index (χ4n) is 2.61. The lowest BCUT2D eigenvalue weighted by Crippen LogP contribution is -2.63. The van der Waals surface area contributed by atoms with Crippen molar-refractivity contribution in [2.75, 3.05) is 13.7 Å². The SMILES string of the molecule is COC(=O)C1CCCCN1C(=O)C1(N)CCC1. The number of carbonyl (C=O) groups is 2. The largest absolute Gasteiger partial charge is 0.467 e. The summed E-state index contributed by atoms with van der Waals surface area (Å²) in [6.45, 7) is 0.623. The van der Waals surface area contributed by atoms with E-state index in [4.69, 9.17) is 10.5 Å². The van der Waals surface area contributed by atoms with Gasteiger partial charge in [-0.1, -0.05) is 0 Å². The van der Waals surface area contributed by atoms with Crippen molar-refractivity contribution in [2.24, 2.45) is 5.73 Å². The topological polar surface area (TPSA) is 72.6 Å². The Hall–Kier alpha value is -1.10. The van der Waals surface area contributed by atoms with Gasteiger partial charge in [0.1, 0.15) is 6.04 Å². The van der Waals surface area contributed by atoms with Crippen molar-refractivity contribution in [3.63, 3.8) is 0 Å². The summed E-state index contributed by atoms with van der Waals surface area (Å²) in [5.74, 6) is -0.389. The highest BCUT2D eigenvalue weighted by Crippen LogP contribution is 2.33. The molecule has 0 spiro atoms. The second kappa shape index (κ2) is 4.64. The molecule has 5 heteroatoms. The first-order valence-corrected chi connectivity index (χ1v) is 6.26. The van der Waals surface area contributed by atoms with Crippen molar-refractivity contribution in [1.82, 2.24) is 4.90 Å². The van der Waals surface area contributed by atoms with Crippen molar-refractivity contribution in [2.45, 2.75) is 50.1 Å². The number of ether oxygens (including phenoxy) is 1. The second-order valence-electron chi connectivity index (χ2n) is 5.04. The molecule has 1 unspecified atom stereocenters. The first-order chi connectivity index (χ1) is 8.08. The molecule has 5 nitrogen and oxygen atoms in total. The molecule has 1 saturated carbocycles. The number of amides is 1. The van der Waals surface area contributed by atoms with Crippen LogP contribution in [0, 0.1) is 0 Å². The Morgan fingerprint density at radius 3 is 2.53 bits per heavy atom. The van der Waals surface area contributed by atoms with E-state index in [0.717, 1.165) is 32.1 Å². The van der Waals surface area contributed by atoms with Gasteiger partial charge >= 0.3 is 5.97 Å². The highest BCUT2D eigenvalue weighted by molar-refractivity contribution is 5.91. The van der Waals surface area contributed by atoms with Gasteiger partial charge in [0.15, 0.2) is 0 Å². The molecule has 96 valence electrons. The summed E-state index contributed by atoms with van der Waals surface area (Å²) in [6.07, 6.45) is 5.05. The Balaban J connectivity index is 2.10. The maximum absolute atomic E-state index is 12.3. The molecule has 0 radical (unpaired) electrons. The standard InChI is InChI=1S/C12H20N2O3/c1-17-10(15)9-5-2-3-8-14(9)11(16)12(13)6-4-7-12/h9H,2-8,13H2,1H3. The normalized spacial score (nSPS) is 27.2. The van der Waals surface area contributed by atoms with Gasteiger partial charge in [-0.3, -0.25) is 4.79 Å². The lowest BCUT2D eigenvalue weighted by molar-refractivity contribution is -0.158. The van der Waals surface area contributed by atoms with E-state index < -0.39 is 11.6 Å². The van der Waals surface area contributed by atoms with Crippen LogP contribution in [-0.4, -0.2) is 42.0 Å². The number of piperidine rings is 1. The molecule has 1 heterocycles. The van der Waals surface area contributed by atoms with Crippen LogP contribution in [0.3, 0.4) is 0 Å². The number of nitrogens with two attached hydrogens (primary N) is 1. The van der Waals surface area contributed by atoms with E-state index in [9.17, 15) is 9.59 Å². The number of carbonyl (C=O) groups excluding carboxylic acids is 2. The van der Waals surface area contributed by atoms with Gasteiger partial charge in [-0.2, -0.15) is 0 Å². The van der Waals surface area contributed by atoms with Crippen LogP contribution in [0.2, 0.25) is 0 Å². The Bertz CT molecular complexity index is 326. The number of hydrogen-bond donors (Lipinski definition) is 1. The summed E-state index contributed by atoms with van der Waals surface area (Å²) in [7, 11) is 1.36. The van der Waals surface area contributed by atoms with Crippen LogP contribution in [0.1, 0.15) is 38.5 Å². The highest BCUT2D eigenvalue weighted by Gasteiger charge is 2.46. The van der Waals surface area contributed by atoms with E-state index in [0.29, 0.717) is 13.0 Å². The number of rotatable bonds is 2. The molecule has 17 heavy (non-hydrogen) atoms. The van der Waals surface area contributed by atoms with E-state index in [1.54, 1.807) is 4.90 Å². The lowest BCUT2D eigenvalue weighted by Gasteiger charge is -2.43. The van der Waals surface area contributed by atoms with Gasteiger partial charge in [0, 0.05) is 6.54 Å². The van der Waals surface area contributed by atoms with Crippen LogP contribution in [0.15, 0.2) is 0 Å². The minimum absolute atomic E-state index is 0.0705. The van der Waals surface area contributed by atoms with Crippen molar-refractivity contribution in [1.29, 1.82) is 0 Å². The quantitative estimate of drug-likeness (QED) is 0.710. The molecule has 2 aliphatic rings. The van der Waals surface area contributed by atoms with Crippen LogP contribution >= 0.6 is 0 Å². The van der Waals surface area contributed by atoms with Gasteiger partial charge < -0.3 is 15.4 Å². The third-order valence-corrected chi connectivity index (χ3v) is 3.91. The summed E-state index contributed by atoms with van der Waals surface area (Å²) in [5.41, 5.74) is 5.32. The van der Waals surface area contributed by atoms with Gasteiger partial charge in [0.2, 0.25) is 5.91 Å². The fourth-order valence-corrected chi connectivity index (χ4v) is 2.61. The van der Waals surface area contributed by atoms with Crippen molar-refractivity contribution in [3.8, 4) is 0 Å². The Kier molecular flexibility index (Phi) is 3.38. The van der Waals surface area contributed by atoms with E-state index in [2.05, 4.69) is 0 Å². The predicted octanol–water partition coefficient (Wildman–Crippen LogP) is 0.422. The lowest BCUT2D eigenvalue weighted by atomic mass is 9.76. The Labute approximate surface area is 101 Å². The molecule has 2 N–H and O–H groups in total. The number of hydrogen-bond acceptors (Lipinski definition) is 4. The van der Waals surface area contributed by atoms with Crippen LogP contribution in [0.25, 0.3) is 0 Å². The fraction of sp³-hybridized carbons (Fsp3) is 0.833. The van der Waals surface area contributed by atoms with Crippen molar-refractivity contribution in [3.05, 3.63) is 0 Å². The molecule has 1 amide bonds. The zero-order valence-electron chi connectivity index (χ0n) is 10.3. The Morgan fingerprint density at radius 2 is 2.00 bits per heavy atom. The number of esters is 1. The zero-order valence-corrected chi connectivity index (χ0v) is 10.3. The monoisotopic (exact) mass is 240 g/mol. The first-order valence-electron chi connectivity index (χ1n) is 6.26. The molecule has 1 aliphatic heterocycles. The van der Waals surface area contributed by atoms with E-state index in [1.807, 2.05) is 0 Å². The molecule has 0 aromatic heterocycles. The maximum atomic E-state index is 12.3. The average molecular weight is 240 g/mol. The third-order valence-electron chi connectivity index (χ3n) is 3.91. The summed E-state index contributed by atoms with van der Waals surface area (Å²) < 4.78 is 4.76. The maximum Gasteiger partial charge on any atom is 0.328 e. The van der Waals surface area contributed by atoms with Gasteiger partial charge in [-0.05, 0) is 38.5 Å². The highest BCUT2D eigenvalue weighted by atomic mass is 16.5. The van der Waals surface area contributed by atoms with Crippen molar-refractivity contribution < 1.29 is 14.3 Å².